The minimum atomic E-state index is -0.442. The second kappa shape index (κ2) is 7.34. The minimum absolute atomic E-state index is 0.00186. The fourth-order valence-electron chi connectivity index (χ4n) is 3.88. The second-order valence-electron chi connectivity index (χ2n) is 7.09. The molecule has 5 heteroatoms. The first-order valence-corrected chi connectivity index (χ1v) is 8.91. The molecule has 2 aliphatic rings. The molecule has 2 fully saturated rings. The topological polar surface area (TPSA) is 69.6 Å². The number of carbonyl (C=O) groups is 2. The fraction of sp³-hybridized carbons (Fsp3) is 0.579. The number of aliphatic hydroxyl groups excluding tert-OH is 1. The van der Waals surface area contributed by atoms with Crippen LogP contribution in [0.4, 0.5) is 0 Å². The molecular weight excluding hydrogens is 304 g/mol. The van der Waals surface area contributed by atoms with E-state index in [-0.39, 0.29) is 24.3 Å². The standard InChI is InChI=1S/C19H26N2O3/c22-14-19(10-4-5-11-19)20-17(23)16-9-6-12-21(13-16)18(24)15-7-2-1-3-8-15/h1-3,7-8,16,22H,4-6,9-14H2,(H,20,23). The second-order valence-corrected chi connectivity index (χ2v) is 7.09. The summed E-state index contributed by atoms with van der Waals surface area (Å²) >= 11 is 0. The summed E-state index contributed by atoms with van der Waals surface area (Å²) < 4.78 is 0. The van der Waals surface area contributed by atoms with E-state index in [0.29, 0.717) is 18.7 Å². The third-order valence-corrected chi connectivity index (χ3v) is 5.35. The van der Waals surface area contributed by atoms with Crippen LogP contribution in [0, 0.1) is 5.92 Å². The van der Waals surface area contributed by atoms with Gasteiger partial charge in [-0.1, -0.05) is 31.0 Å². The molecule has 1 aliphatic heterocycles. The third kappa shape index (κ3) is 3.61. The molecule has 1 heterocycles. The Morgan fingerprint density at radius 3 is 2.54 bits per heavy atom. The van der Waals surface area contributed by atoms with Crippen molar-refractivity contribution in [2.45, 2.75) is 44.1 Å². The summed E-state index contributed by atoms with van der Waals surface area (Å²) in [6, 6.07) is 9.22. The van der Waals surface area contributed by atoms with Crippen LogP contribution in [0.15, 0.2) is 30.3 Å². The summed E-state index contributed by atoms with van der Waals surface area (Å²) in [6.07, 6.45) is 5.41. The van der Waals surface area contributed by atoms with Crippen LogP contribution >= 0.6 is 0 Å². The Hall–Kier alpha value is -1.88. The van der Waals surface area contributed by atoms with Crippen molar-refractivity contribution < 1.29 is 14.7 Å². The van der Waals surface area contributed by atoms with Crippen LogP contribution < -0.4 is 5.32 Å². The molecule has 3 rings (SSSR count). The van der Waals surface area contributed by atoms with Crippen LogP contribution in [-0.4, -0.2) is 47.1 Å². The maximum absolute atomic E-state index is 12.7. The van der Waals surface area contributed by atoms with Crippen LogP contribution in [0.3, 0.4) is 0 Å². The number of likely N-dealkylation sites (tertiary alicyclic amines) is 1. The average Bonchev–Trinajstić information content (AvgIpc) is 3.11. The quantitative estimate of drug-likeness (QED) is 0.887. The molecule has 130 valence electrons. The highest BCUT2D eigenvalue weighted by Crippen LogP contribution is 2.30. The Morgan fingerprint density at radius 2 is 1.88 bits per heavy atom. The van der Waals surface area contributed by atoms with E-state index in [0.717, 1.165) is 38.5 Å². The molecule has 1 aromatic carbocycles. The van der Waals surface area contributed by atoms with E-state index in [1.54, 1.807) is 4.90 Å². The number of carbonyl (C=O) groups excluding carboxylic acids is 2. The van der Waals surface area contributed by atoms with Gasteiger partial charge in [0.15, 0.2) is 0 Å². The van der Waals surface area contributed by atoms with Crippen molar-refractivity contribution >= 4 is 11.8 Å². The molecule has 2 N–H and O–H groups in total. The van der Waals surface area contributed by atoms with Crippen LogP contribution in [0.25, 0.3) is 0 Å². The predicted molar refractivity (Wildman–Crippen MR) is 91.5 cm³/mol. The molecule has 0 spiro atoms. The van der Waals surface area contributed by atoms with Crippen LogP contribution in [0.1, 0.15) is 48.9 Å². The molecule has 1 saturated carbocycles. The molecule has 1 unspecified atom stereocenters. The Labute approximate surface area is 143 Å². The molecule has 1 saturated heterocycles. The maximum Gasteiger partial charge on any atom is 0.253 e. The van der Waals surface area contributed by atoms with Gasteiger partial charge >= 0.3 is 0 Å². The van der Waals surface area contributed by atoms with Crippen molar-refractivity contribution in [3.05, 3.63) is 35.9 Å². The first kappa shape index (κ1) is 17.0. The Morgan fingerprint density at radius 1 is 1.17 bits per heavy atom. The fourth-order valence-corrected chi connectivity index (χ4v) is 3.88. The normalized spacial score (nSPS) is 23.0. The van der Waals surface area contributed by atoms with Gasteiger partial charge in [-0.25, -0.2) is 0 Å². The van der Waals surface area contributed by atoms with Crippen molar-refractivity contribution in [3.8, 4) is 0 Å². The minimum Gasteiger partial charge on any atom is -0.394 e. The molecule has 1 atom stereocenters. The molecule has 2 amide bonds. The van der Waals surface area contributed by atoms with Gasteiger partial charge < -0.3 is 15.3 Å². The van der Waals surface area contributed by atoms with Gasteiger partial charge in [-0.3, -0.25) is 9.59 Å². The molecule has 1 aliphatic carbocycles. The van der Waals surface area contributed by atoms with Crippen molar-refractivity contribution in [2.75, 3.05) is 19.7 Å². The zero-order chi connectivity index (χ0) is 17.0. The predicted octanol–water partition coefficient (Wildman–Crippen LogP) is 1.96. The van der Waals surface area contributed by atoms with Crippen LogP contribution in [-0.2, 0) is 4.79 Å². The Kier molecular flexibility index (Phi) is 5.19. The molecule has 0 aromatic heterocycles. The number of benzene rings is 1. The molecule has 24 heavy (non-hydrogen) atoms. The summed E-state index contributed by atoms with van der Waals surface area (Å²) in [7, 11) is 0. The monoisotopic (exact) mass is 330 g/mol. The van der Waals surface area contributed by atoms with E-state index in [9.17, 15) is 14.7 Å². The number of nitrogens with zero attached hydrogens (tertiary/aromatic N) is 1. The van der Waals surface area contributed by atoms with Crippen molar-refractivity contribution in [1.29, 1.82) is 0 Å². The van der Waals surface area contributed by atoms with E-state index < -0.39 is 5.54 Å². The van der Waals surface area contributed by atoms with Gasteiger partial charge in [0.1, 0.15) is 0 Å². The van der Waals surface area contributed by atoms with Gasteiger partial charge in [0.25, 0.3) is 5.91 Å². The molecule has 1 aromatic rings. The number of aliphatic hydroxyl groups is 1. The average molecular weight is 330 g/mol. The SMILES string of the molecule is O=C(NC1(CO)CCCC1)C1CCCN(C(=O)c2ccccc2)C1. The summed E-state index contributed by atoms with van der Waals surface area (Å²) in [4.78, 5) is 27.0. The third-order valence-electron chi connectivity index (χ3n) is 5.35. The molecule has 5 nitrogen and oxygen atoms in total. The lowest BCUT2D eigenvalue weighted by atomic mass is 9.93. The zero-order valence-electron chi connectivity index (χ0n) is 14.0. The largest absolute Gasteiger partial charge is 0.394 e. The van der Waals surface area contributed by atoms with E-state index in [1.807, 2.05) is 30.3 Å². The highest BCUT2D eigenvalue weighted by molar-refractivity contribution is 5.94. The van der Waals surface area contributed by atoms with Gasteiger partial charge in [-0.05, 0) is 37.8 Å². The highest BCUT2D eigenvalue weighted by atomic mass is 16.3. The van der Waals surface area contributed by atoms with E-state index in [2.05, 4.69) is 5.32 Å². The van der Waals surface area contributed by atoms with Gasteiger partial charge in [-0.2, -0.15) is 0 Å². The number of nitrogens with one attached hydrogen (secondary N) is 1. The van der Waals surface area contributed by atoms with Gasteiger partial charge in [0.2, 0.25) is 5.91 Å². The molecular formula is C19H26N2O3. The summed E-state index contributed by atoms with van der Waals surface area (Å²) in [5, 5.41) is 12.8. The first-order valence-electron chi connectivity index (χ1n) is 8.91. The number of rotatable bonds is 4. The van der Waals surface area contributed by atoms with Crippen molar-refractivity contribution in [2.24, 2.45) is 5.92 Å². The van der Waals surface area contributed by atoms with Crippen LogP contribution in [0.2, 0.25) is 0 Å². The molecule has 0 radical (unpaired) electrons. The maximum atomic E-state index is 12.7. The number of hydrogen-bond acceptors (Lipinski definition) is 3. The lowest BCUT2D eigenvalue weighted by Crippen LogP contribution is -2.54. The van der Waals surface area contributed by atoms with E-state index in [1.165, 1.54) is 0 Å². The zero-order valence-corrected chi connectivity index (χ0v) is 14.0. The van der Waals surface area contributed by atoms with Gasteiger partial charge in [0.05, 0.1) is 18.1 Å². The van der Waals surface area contributed by atoms with Crippen molar-refractivity contribution in [3.63, 3.8) is 0 Å². The van der Waals surface area contributed by atoms with E-state index in [4.69, 9.17) is 0 Å². The molecule has 0 bridgehead atoms. The Balaban J connectivity index is 1.63. The lowest BCUT2D eigenvalue weighted by Gasteiger charge is -2.35. The number of amides is 2. The summed E-state index contributed by atoms with van der Waals surface area (Å²) in [5.74, 6) is -0.210. The summed E-state index contributed by atoms with van der Waals surface area (Å²) in [6.45, 7) is 1.15. The van der Waals surface area contributed by atoms with Gasteiger partial charge in [0, 0.05) is 18.7 Å². The lowest BCUT2D eigenvalue weighted by molar-refractivity contribution is -0.128. The van der Waals surface area contributed by atoms with Crippen LogP contribution in [0.5, 0.6) is 0 Å². The highest BCUT2D eigenvalue weighted by Gasteiger charge is 2.37. The Bertz CT molecular complexity index is 582. The first-order chi connectivity index (χ1) is 11.6. The number of piperidine rings is 1. The summed E-state index contributed by atoms with van der Waals surface area (Å²) in [5.41, 5.74) is 0.226. The van der Waals surface area contributed by atoms with Gasteiger partial charge in [-0.15, -0.1) is 0 Å². The van der Waals surface area contributed by atoms with Crippen molar-refractivity contribution in [1.82, 2.24) is 10.2 Å². The van der Waals surface area contributed by atoms with E-state index >= 15 is 0 Å². The number of hydrogen-bond donors (Lipinski definition) is 2. The smallest absolute Gasteiger partial charge is 0.253 e.